The Kier molecular flexibility index (Phi) is 3.36. The SMILES string of the molecule is CCNC(C)c1csc(-c2ccn(C)n2)n1. The fourth-order valence-corrected chi connectivity index (χ4v) is 2.42. The average Bonchev–Trinajstić information content (AvgIpc) is 2.85. The maximum Gasteiger partial charge on any atom is 0.144 e. The van der Waals surface area contributed by atoms with Crippen LogP contribution in [0.3, 0.4) is 0 Å². The number of rotatable bonds is 4. The van der Waals surface area contributed by atoms with Gasteiger partial charge in [0, 0.05) is 24.7 Å². The predicted molar refractivity (Wildman–Crippen MR) is 66.4 cm³/mol. The second kappa shape index (κ2) is 4.76. The standard InChI is InChI=1S/C11H16N4S/c1-4-12-8(2)10-7-16-11(13-10)9-5-6-15(3)14-9/h5-8,12H,4H2,1-3H3. The van der Waals surface area contributed by atoms with Crippen LogP contribution in [0, 0.1) is 0 Å². The molecule has 2 aromatic rings. The van der Waals surface area contributed by atoms with Gasteiger partial charge in [-0.15, -0.1) is 11.3 Å². The van der Waals surface area contributed by atoms with Crippen LogP contribution in [0.2, 0.25) is 0 Å². The maximum absolute atomic E-state index is 4.59. The Bertz CT molecular complexity index is 460. The van der Waals surface area contributed by atoms with Crippen molar-refractivity contribution in [3.8, 4) is 10.7 Å². The van der Waals surface area contributed by atoms with Crippen LogP contribution in [-0.4, -0.2) is 21.3 Å². The summed E-state index contributed by atoms with van der Waals surface area (Å²) in [6.45, 7) is 5.18. The van der Waals surface area contributed by atoms with Gasteiger partial charge < -0.3 is 5.32 Å². The summed E-state index contributed by atoms with van der Waals surface area (Å²) in [4.78, 5) is 4.59. The molecule has 0 fully saturated rings. The van der Waals surface area contributed by atoms with E-state index in [1.54, 1.807) is 16.0 Å². The quantitative estimate of drug-likeness (QED) is 0.885. The van der Waals surface area contributed by atoms with E-state index in [2.05, 4.69) is 34.6 Å². The van der Waals surface area contributed by atoms with Gasteiger partial charge in [0.05, 0.1) is 5.69 Å². The minimum atomic E-state index is 0.304. The third-order valence-corrected chi connectivity index (χ3v) is 3.29. The maximum atomic E-state index is 4.59. The summed E-state index contributed by atoms with van der Waals surface area (Å²) in [5.41, 5.74) is 2.04. The number of aromatic nitrogens is 3. The van der Waals surface area contributed by atoms with Gasteiger partial charge in [-0.1, -0.05) is 6.92 Å². The molecule has 2 rings (SSSR count). The second-order valence-electron chi connectivity index (χ2n) is 3.73. The molecule has 0 saturated carbocycles. The summed E-state index contributed by atoms with van der Waals surface area (Å²) in [7, 11) is 1.92. The molecule has 0 aliphatic carbocycles. The van der Waals surface area contributed by atoms with Gasteiger partial charge in [0.25, 0.3) is 0 Å². The Labute approximate surface area is 99.3 Å². The van der Waals surface area contributed by atoms with Crippen LogP contribution >= 0.6 is 11.3 Å². The molecule has 0 aromatic carbocycles. The zero-order chi connectivity index (χ0) is 11.5. The van der Waals surface area contributed by atoms with Gasteiger partial charge in [-0.25, -0.2) is 4.98 Å². The molecule has 4 nitrogen and oxygen atoms in total. The van der Waals surface area contributed by atoms with Gasteiger partial charge in [0.1, 0.15) is 10.7 Å². The number of thiazole rings is 1. The highest BCUT2D eigenvalue weighted by Crippen LogP contribution is 2.24. The van der Waals surface area contributed by atoms with Crippen LogP contribution in [0.25, 0.3) is 10.7 Å². The lowest BCUT2D eigenvalue weighted by molar-refractivity contribution is 0.586. The van der Waals surface area contributed by atoms with Crippen molar-refractivity contribution in [3.63, 3.8) is 0 Å². The molecule has 0 aliphatic heterocycles. The number of nitrogens with zero attached hydrogens (tertiary/aromatic N) is 3. The number of hydrogen-bond donors (Lipinski definition) is 1. The van der Waals surface area contributed by atoms with Gasteiger partial charge in [-0.05, 0) is 19.5 Å². The zero-order valence-electron chi connectivity index (χ0n) is 9.77. The van der Waals surface area contributed by atoms with Gasteiger partial charge in [-0.2, -0.15) is 5.10 Å². The monoisotopic (exact) mass is 236 g/mol. The van der Waals surface area contributed by atoms with Crippen LogP contribution in [-0.2, 0) is 7.05 Å². The number of aryl methyl sites for hydroxylation is 1. The van der Waals surface area contributed by atoms with E-state index in [1.165, 1.54) is 0 Å². The molecule has 0 bridgehead atoms. The Morgan fingerprint density at radius 2 is 2.38 bits per heavy atom. The fourth-order valence-electron chi connectivity index (χ4n) is 1.54. The molecule has 2 heterocycles. The Morgan fingerprint density at radius 3 is 3.00 bits per heavy atom. The average molecular weight is 236 g/mol. The van der Waals surface area contributed by atoms with E-state index in [-0.39, 0.29) is 0 Å². The first kappa shape index (κ1) is 11.3. The summed E-state index contributed by atoms with van der Waals surface area (Å²) < 4.78 is 1.80. The van der Waals surface area contributed by atoms with Crippen molar-refractivity contribution in [1.82, 2.24) is 20.1 Å². The van der Waals surface area contributed by atoms with Crippen LogP contribution in [0.5, 0.6) is 0 Å². The molecule has 5 heteroatoms. The first-order valence-electron chi connectivity index (χ1n) is 5.39. The molecular weight excluding hydrogens is 220 g/mol. The lowest BCUT2D eigenvalue weighted by Crippen LogP contribution is -2.17. The van der Waals surface area contributed by atoms with E-state index in [1.807, 2.05) is 19.3 Å². The third-order valence-electron chi connectivity index (χ3n) is 2.41. The van der Waals surface area contributed by atoms with Crippen molar-refractivity contribution in [1.29, 1.82) is 0 Å². The summed E-state index contributed by atoms with van der Waals surface area (Å²) in [5, 5.41) is 10.8. The Hall–Kier alpha value is -1.20. The van der Waals surface area contributed by atoms with E-state index < -0.39 is 0 Å². The largest absolute Gasteiger partial charge is 0.309 e. The molecule has 2 aromatic heterocycles. The van der Waals surface area contributed by atoms with Crippen LogP contribution in [0.15, 0.2) is 17.6 Å². The third kappa shape index (κ3) is 2.31. The molecule has 0 amide bonds. The zero-order valence-corrected chi connectivity index (χ0v) is 10.6. The summed E-state index contributed by atoms with van der Waals surface area (Å²) in [5.74, 6) is 0. The molecule has 0 aliphatic rings. The molecule has 1 atom stereocenters. The van der Waals surface area contributed by atoms with Crippen molar-refractivity contribution in [2.45, 2.75) is 19.9 Å². The Balaban J connectivity index is 2.19. The predicted octanol–water partition coefficient (Wildman–Crippen LogP) is 2.21. The van der Waals surface area contributed by atoms with Gasteiger partial charge in [0.15, 0.2) is 0 Å². The van der Waals surface area contributed by atoms with Crippen LogP contribution < -0.4 is 5.32 Å². The van der Waals surface area contributed by atoms with Crippen LogP contribution in [0.1, 0.15) is 25.6 Å². The molecule has 86 valence electrons. The van der Waals surface area contributed by atoms with Crippen molar-refractivity contribution in [2.75, 3.05) is 6.54 Å². The van der Waals surface area contributed by atoms with Crippen LogP contribution in [0.4, 0.5) is 0 Å². The number of hydrogen-bond acceptors (Lipinski definition) is 4. The van der Waals surface area contributed by atoms with Crippen molar-refractivity contribution >= 4 is 11.3 Å². The molecule has 1 N–H and O–H groups in total. The molecule has 0 saturated heterocycles. The molecule has 0 radical (unpaired) electrons. The van der Waals surface area contributed by atoms with Crippen molar-refractivity contribution in [2.24, 2.45) is 7.05 Å². The van der Waals surface area contributed by atoms with Crippen molar-refractivity contribution in [3.05, 3.63) is 23.3 Å². The van der Waals surface area contributed by atoms with E-state index in [9.17, 15) is 0 Å². The summed E-state index contributed by atoms with van der Waals surface area (Å²) in [6, 6.07) is 2.29. The Morgan fingerprint density at radius 1 is 1.56 bits per heavy atom. The highest BCUT2D eigenvalue weighted by atomic mass is 32.1. The minimum absolute atomic E-state index is 0.304. The van der Waals surface area contributed by atoms with E-state index >= 15 is 0 Å². The minimum Gasteiger partial charge on any atom is -0.309 e. The molecule has 1 unspecified atom stereocenters. The summed E-state index contributed by atoms with van der Waals surface area (Å²) in [6.07, 6.45) is 1.93. The highest BCUT2D eigenvalue weighted by Gasteiger charge is 2.11. The highest BCUT2D eigenvalue weighted by molar-refractivity contribution is 7.13. The summed E-state index contributed by atoms with van der Waals surface area (Å²) >= 11 is 1.64. The van der Waals surface area contributed by atoms with Gasteiger partial charge in [-0.3, -0.25) is 4.68 Å². The first-order valence-corrected chi connectivity index (χ1v) is 6.27. The first-order chi connectivity index (χ1) is 7.70. The van der Waals surface area contributed by atoms with Gasteiger partial charge in [0.2, 0.25) is 0 Å². The smallest absolute Gasteiger partial charge is 0.144 e. The fraction of sp³-hybridized carbons (Fsp3) is 0.455. The second-order valence-corrected chi connectivity index (χ2v) is 4.59. The topological polar surface area (TPSA) is 42.7 Å². The van der Waals surface area contributed by atoms with E-state index in [4.69, 9.17) is 0 Å². The van der Waals surface area contributed by atoms with Crippen molar-refractivity contribution < 1.29 is 0 Å². The van der Waals surface area contributed by atoms with E-state index in [0.29, 0.717) is 6.04 Å². The van der Waals surface area contributed by atoms with E-state index in [0.717, 1.165) is 22.9 Å². The molecule has 0 spiro atoms. The van der Waals surface area contributed by atoms with Gasteiger partial charge >= 0.3 is 0 Å². The lowest BCUT2D eigenvalue weighted by atomic mass is 10.2. The normalized spacial score (nSPS) is 12.9. The lowest BCUT2D eigenvalue weighted by Gasteiger charge is -2.07. The molecular formula is C11H16N4S. The number of nitrogens with one attached hydrogen (secondary N) is 1. The molecule has 16 heavy (non-hydrogen) atoms.